The van der Waals surface area contributed by atoms with Gasteiger partial charge >= 0.3 is 0 Å². The monoisotopic (exact) mass is 405 g/mol. The summed E-state index contributed by atoms with van der Waals surface area (Å²) in [6.45, 7) is 1.84. The minimum atomic E-state index is -0.364. The molecule has 3 rings (SSSR count). The van der Waals surface area contributed by atoms with Crippen molar-refractivity contribution in [1.82, 2.24) is 16.2 Å². The maximum absolute atomic E-state index is 12.4. The van der Waals surface area contributed by atoms with Crippen molar-refractivity contribution in [3.8, 4) is 0 Å². The maximum Gasteiger partial charge on any atom is 0.279 e. The summed E-state index contributed by atoms with van der Waals surface area (Å²) in [6.07, 6.45) is 6.90. The van der Waals surface area contributed by atoms with Gasteiger partial charge in [-0.2, -0.15) is 0 Å². The van der Waals surface area contributed by atoms with E-state index in [1.165, 1.54) is 65.7 Å². The molecule has 0 aromatic carbocycles. The van der Waals surface area contributed by atoms with Gasteiger partial charge < -0.3 is 5.32 Å². The van der Waals surface area contributed by atoms with Gasteiger partial charge in [-0.15, -0.1) is 22.7 Å². The fourth-order valence-electron chi connectivity index (χ4n) is 3.00. The van der Waals surface area contributed by atoms with Gasteiger partial charge in [-0.05, 0) is 49.4 Å². The molecule has 0 aliphatic heterocycles. The number of carbonyl (C=O) groups is 3. The summed E-state index contributed by atoms with van der Waals surface area (Å²) >= 11 is 2.81. The summed E-state index contributed by atoms with van der Waals surface area (Å²) in [7, 11) is 0. The van der Waals surface area contributed by atoms with Gasteiger partial charge in [0, 0.05) is 16.7 Å². The summed E-state index contributed by atoms with van der Waals surface area (Å²) in [5.74, 6) is -0.765. The Kier molecular flexibility index (Phi) is 6.63. The number of hydrogen-bond donors (Lipinski definition) is 3. The van der Waals surface area contributed by atoms with Crippen LogP contribution in [0.4, 0.5) is 0 Å². The molecule has 3 N–H and O–H groups in total. The van der Waals surface area contributed by atoms with Gasteiger partial charge in [0.05, 0.1) is 16.3 Å². The minimum Gasteiger partial charge on any atom is -0.351 e. The lowest BCUT2D eigenvalue weighted by molar-refractivity contribution is -0.119. The zero-order valence-electron chi connectivity index (χ0n) is 15.2. The third-order valence-electron chi connectivity index (χ3n) is 4.41. The van der Waals surface area contributed by atoms with Crippen molar-refractivity contribution in [1.29, 1.82) is 0 Å². The number of nitrogens with one attached hydrogen (secondary N) is 3. The first kappa shape index (κ1) is 19.6. The fraction of sp³-hybridized carbons (Fsp3) is 0.421. The normalized spacial score (nSPS) is 13.8. The second-order valence-corrected chi connectivity index (χ2v) is 8.86. The Bertz CT molecular complexity index is 816. The number of hydrazine groups is 1. The molecule has 6 nitrogen and oxygen atoms in total. The Morgan fingerprint density at radius 1 is 0.926 bits per heavy atom. The lowest BCUT2D eigenvalue weighted by Gasteiger charge is -2.07. The molecule has 144 valence electrons. The second kappa shape index (κ2) is 9.14. The zero-order chi connectivity index (χ0) is 19.2. The molecule has 27 heavy (non-hydrogen) atoms. The van der Waals surface area contributed by atoms with E-state index in [1.807, 2.05) is 6.07 Å². The largest absolute Gasteiger partial charge is 0.351 e. The molecule has 2 heterocycles. The lowest BCUT2D eigenvalue weighted by atomic mass is 10.00. The van der Waals surface area contributed by atoms with E-state index in [1.54, 1.807) is 12.1 Å². The molecule has 0 spiro atoms. The number of hydrogen-bond acceptors (Lipinski definition) is 5. The highest BCUT2D eigenvalue weighted by Crippen LogP contribution is 2.28. The van der Waals surface area contributed by atoms with Gasteiger partial charge in [0.2, 0.25) is 5.91 Å². The Labute approximate surface area is 166 Å². The Morgan fingerprint density at radius 3 is 2.37 bits per heavy atom. The molecular formula is C19H23N3O3S2. The first-order valence-electron chi connectivity index (χ1n) is 9.08. The molecule has 1 aliphatic carbocycles. The van der Waals surface area contributed by atoms with Crippen molar-refractivity contribution in [3.63, 3.8) is 0 Å². The Hall–Kier alpha value is -2.19. The van der Waals surface area contributed by atoms with Crippen molar-refractivity contribution in [2.45, 2.75) is 52.0 Å². The van der Waals surface area contributed by atoms with Gasteiger partial charge in [0.1, 0.15) is 0 Å². The molecule has 0 saturated carbocycles. The molecule has 3 amide bonds. The Morgan fingerprint density at radius 2 is 1.63 bits per heavy atom. The van der Waals surface area contributed by atoms with Crippen LogP contribution in [-0.2, 0) is 24.2 Å². The standard InChI is InChI=1S/C19H23N3O3S2/c1-12(23)20-11-14-8-9-16(26-14)18(24)21-22-19(25)17-10-13-6-4-2-3-5-7-15(13)27-17/h8-10H,2-7,11H2,1H3,(H,20,23)(H,21,24)(H,22,25). The van der Waals surface area contributed by atoms with E-state index < -0.39 is 0 Å². The molecule has 0 fully saturated rings. The number of thiophene rings is 2. The number of carbonyl (C=O) groups excluding carboxylic acids is 3. The van der Waals surface area contributed by atoms with Crippen LogP contribution in [-0.4, -0.2) is 17.7 Å². The highest BCUT2D eigenvalue weighted by molar-refractivity contribution is 7.14. The smallest absolute Gasteiger partial charge is 0.279 e. The molecule has 8 heteroatoms. The van der Waals surface area contributed by atoms with E-state index in [0.29, 0.717) is 16.3 Å². The number of amides is 3. The lowest BCUT2D eigenvalue weighted by Crippen LogP contribution is -2.41. The molecule has 2 aromatic rings. The summed E-state index contributed by atoms with van der Waals surface area (Å²) < 4.78 is 0. The predicted octanol–water partition coefficient (Wildman–Crippen LogP) is 3.18. The number of fused-ring (bicyclic) bond motifs is 1. The van der Waals surface area contributed by atoms with E-state index in [4.69, 9.17) is 0 Å². The van der Waals surface area contributed by atoms with Crippen molar-refractivity contribution in [3.05, 3.63) is 43.3 Å². The van der Waals surface area contributed by atoms with Crippen LogP contribution in [0.1, 0.15) is 67.3 Å². The Balaban J connectivity index is 1.55. The van der Waals surface area contributed by atoms with E-state index in [0.717, 1.165) is 17.7 Å². The van der Waals surface area contributed by atoms with Crippen molar-refractivity contribution >= 4 is 40.4 Å². The van der Waals surface area contributed by atoms with Gasteiger partial charge in [0.15, 0.2) is 0 Å². The maximum atomic E-state index is 12.4. The average Bonchev–Trinajstić information content (AvgIpc) is 3.25. The average molecular weight is 406 g/mol. The van der Waals surface area contributed by atoms with E-state index >= 15 is 0 Å². The molecule has 0 bridgehead atoms. The van der Waals surface area contributed by atoms with Crippen LogP contribution in [0, 0.1) is 0 Å². The van der Waals surface area contributed by atoms with Crippen molar-refractivity contribution in [2.24, 2.45) is 0 Å². The quantitative estimate of drug-likeness (QED) is 0.683. The molecule has 0 saturated heterocycles. The van der Waals surface area contributed by atoms with Gasteiger partial charge in [0.25, 0.3) is 11.8 Å². The first-order valence-corrected chi connectivity index (χ1v) is 10.7. The van der Waals surface area contributed by atoms with E-state index in [-0.39, 0.29) is 17.7 Å². The molecular weight excluding hydrogens is 382 g/mol. The van der Waals surface area contributed by atoms with Crippen LogP contribution in [0.2, 0.25) is 0 Å². The van der Waals surface area contributed by atoms with Gasteiger partial charge in [-0.1, -0.05) is 12.8 Å². The van der Waals surface area contributed by atoms with Crippen LogP contribution < -0.4 is 16.2 Å². The van der Waals surface area contributed by atoms with Crippen molar-refractivity contribution in [2.75, 3.05) is 0 Å². The SMILES string of the molecule is CC(=O)NCc1ccc(C(=O)NNC(=O)c2cc3c(s2)CCCCCC3)s1. The molecule has 1 aliphatic rings. The highest BCUT2D eigenvalue weighted by atomic mass is 32.1. The predicted molar refractivity (Wildman–Crippen MR) is 107 cm³/mol. The minimum absolute atomic E-state index is 0.119. The van der Waals surface area contributed by atoms with Crippen LogP contribution in [0.3, 0.4) is 0 Å². The highest BCUT2D eigenvalue weighted by Gasteiger charge is 2.17. The molecule has 0 unspecified atom stereocenters. The van der Waals surface area contributed by atoms with Crippen LogP contribution in [0.5, 0.6) is 0 Å². The topological polar surface area (TPSA) is 87.3 Å². The van der Waals surface area contributed by atoms with Crippen LogP contribution >= 0.6 is 22.7 Å². The fourth-order valence-corrected chi connectivity index (χ4v) is 4.99. The second-order valence-electron chi connectivity index (χ2n) is 6.56. The third-order valence-corrected chi connectivity index (χ3v) is 6.73. The first-order chi connectivity index (χ1) is 13.0. The summed E-state index contributed by atoms with van der Waals surface area (Å²) in [4.78, 5) is 38.9. The van der Waals surface area contributed by atoms with Gasteiger partial charge in [-0.3, -0.25) is 25.2 Å². The van der Waals surface area contributed by atoms with E-state index in [9.17, 15) is 14.4 Å². The third kappa shape index (κ3) is 5.40. The summed E-state index contributed by atoms with van der Waals surface area (Å²) in [5.41, 5.74) is 6.25. The van der Waals surface area contributed by atoms with Crippen LogP contribution in [0.15, 0.2) is 18.2 Å². The summed E-state index contributed by atoms with van der Waals surface area (Å²) in [6, 6.07) is 5.43. The van der Waals surface area contributed by atoms with E-state index in [2.05, 4.69) is 16.2 Å². The molecule has 2 aromatic heterocycles. The van der Waals surface area contributed by atoms with Gasteiger partial charge in [-0.25, -0.2) is 0 Å². The summed E-state index contributed by atoms with van der Waals surface area (Å²) in [5, 5.41) is 2.69. The van der Waals surface area contributed by atoms with Crippen LogP contribution in [0.25, 0.3) is 0 Å². The van der Waals surface area contributed by atoms with Crippen molar-refractivity contribution < 1.29 is 14.4 Å². The molecule has 0 atom stereocenters. The molecule has 0 radical (unpaired) electrons. The number of aryl methyl sites for hydroxylation is 2. The number of rotatable bonds is 4. The zero-order valence-corrected chi connectivity index (χ0v) is 16.9.